The molecule has 10 nitrogen and oxygen atoms in total. The summed E-state index contributed by atoms with van der Waals surface area (Å²) in [7, 11) is 0. The third-order valence-corrected chi connectivity index (χ3v) is 3.45. The number of ether oxygens (including phenoxy) is 1. The fourth-order valence-corrected chi connectivity index (χ4v) is 2.42. The summed E-state index contributed by atoms with van der Waals surface area (Å²) in [5.41, 5.74) is -1.59. The minimum atomic E-state index is -1.45. The van der Waals surface area contributed by atoms with Gasteiger partial charge in [0.25, 0.3) is 5.56 Å². The van der Waals surface area contributed by atoms with Gasteiger partial charge in [-0.05, 0) is 0 Å². The van der Waals surface area contributed by atoms with E-state index in [0.29, 0.717) is 0 Å². The molecule has 0 unspecified atom stereocenters. The first-order valence-corrected chi connectivity index (χ1v) is 6.56. The van der Waals surface area contributed by atoms with Crippen LogP contribution in [0.25, 0.3) is 0 Å². The standard InChI is InChI=1S/C12H17N3O7/c1-4(17)14-7-8(18)6(3-16)22-10(9(7)19)5-2-13-12(21)15-11(5)20/h2,6-10,16,18-19H,3H2,1H3,(H,14,17)(H2,13,15,20,21)/t6-,7+,8-,9-,10+/m1/s1. The minimum Gasteiger partial charge on any atom is -0.394 e. The van der Waals surface area contributed by atoms with Gasteiger partial charge in [-0.25, -0.2) is 4.79 Å². The van der Waals surface area contributed by atoms with Crippen molar-refractivity contribution in [2.75, 3.05) is 6.61 Å². The van der Waals surface area contributed by atoms with Crippen LogP contribution in [-0.2, 0) is 9.53 Å². The van der Waals surface area contributed by atoms with Crippen molar-refractivity contribution < 1.29 is 24.9 Å². The minimum absolute atomic E-state index is 0.0900. The van der Waals surface area contributed by atoms with E-state index in [-0.39, 0.29) is 5.56 Å². The smallest absolute Gasteiger partial charge is 0.325 e. The van der Waals surface area contributed by atoms with Crippen molar-refractivity contribution in [3.63, 3.8) is 0 Å². The first-order valence-electron chi connectivity index (χ1n) is 6.56. The Morgan fingerprint density at radius 3 is 2.59 bits per heavy atom. The van der Waals surface area contributed by atoms with E-state index >= 15 is 0 Å². The molecule has 10 heteroatoms. The largest absolute Gasteiger partial charge is 0.394 e. The number of aliphatic hydroxyl groups excluding tert-OH is 3. The molecule has 2 rings (SSSR count). The Morgan fingerprint density at radius 1 is 1.36 bits per heavy atom. The van der Waals surface area contributed by atoms with E-state index in [4.69, 9.17) is 4.74 Å². The van der Waals surface area contributed by atoms with Gasteiger partial charge in [0.15, 0.2) is 0 Å². The zero-order chi connectivity index (χ0) is 16.4. The van der Waals surface area contributed by atoms with Gasteiger partial charge in [-0.3, -0.25) is 14.6 Å². The Bertz CT molecular complexity index is 655. The molecule has 0 radical (unpaired) electrons. The van der Waals surface area contributed by atoms with Crippen molar-refractivity contribution in [3.05, 3.63) is 32.6 Å². The fourth-order valence-electron chi connectivity index (χ4n) is 2.42. The maximum absolute atomic E-state index is 11.8. The molecule has 6 N–H and O–H groups in total. The second kappa shape index (κ2) is 6.40. The lowest BCUT2D eigenvalue weighted by Gasteiger charge is -2.42. The van der Waals surface area contributed by atoms with Crippen LogP contribution in [0.2, 0.25) is 0 Å². The predicted molar refractivity (Wildman–Crippen MR) is 72.0 cm³/mol. The maximum Gasteiger partial charge on any atom is 0.325 e. The maximum atomic E-state index is 11.8. The van der Waals surface area contributed by atoms with Crippen molar-refractivity contribution in [3.8, 4) is 0 Å². The molecule has 1 saturated heterocycles. The van der Waals surface area contributed by atoms with Gasteiger partial charge in [0, 0.05) is 13.1 Å². The number of rotatable bonds is 3. The number of amides is 1. The second-order valence-electron chi connectivity index (χ2n) is 5.01. The van der Waals surface area contributed by atoms with Crippen LogP contribution in [0.1, 0.15) is 18.6 Å². The van der Waals surface area contributed by atoms with Gasteiger partial charge in [-0.1, -0.05) is 0 Å². The molecular formula is C12H17N3O7. The summed E-state index contributed by atoms with van der Waals surface area (Å²) in [6, 6.07) is -1.14. The van der Waals surface area contributed by atoms with Crippen LogP contribution in [-0.4, -0.2) is 62.2 Å². The average Bonchev–Trinajstić information content (AvgIpc) is 2.44. The highest BCUT2D eigenvalue weighted by molar-refractivity contribution is 5.73. The molecule has 0 bridgehead atoms. The second-order valence-corrected chi connectivity index (χ2v) is 5.01. The predicted octanol–water partition coefficient (Wildman–Crippen LogP) is -3.28. The summed E-state index contributed by atoms with van der Waals surface area (Å²) in [5, 5.41) is 31.9. The van der Waals surface area contributed by atoms with E-state index in [2.05, 4.69) is 10.3 Å². The Morgan fingerprint density at radius 2 is 2.05 bits per heavy atom. The van der Waals surface area contributed by atoms with Crippen molar-refractivity contribution in [1.29, 1.82) is 0 Å². The quantitative estimate of drug-likeness (QED) is 0.340. The fraction of sp³-hybridized carbons (Fsp3) is 0.583. The van der Waals surface area contributed by atoms with Crippen LogP contribution in [0.4, 0.5) is 0 Å². The molecule has 0 aromatic carbocycles. The zero-order valence-corrected chi connectivity index (χ0v) is 11.6. The summed E-state index contributed by atoms with van der Waals surface area (Å²) in [4.78, 5) is 38.3. The van der Waals surface area contributed by atoms with Crippen LogP contribution in [0, 0.1) is 0 Å². The van der Waals surface area contributed by atoms with Crippen molar-refractivity contribution in [2.45, 2.75) is 37.4 Å². The molecule has 1 aliphatic heterocycles. The third kappa shape index (κ3) is 3.09. The van der Waals surface area contributed by atoms with Crippen LogP contribution in [0.5, 0.6) is 0 Å². The van der Waals surface area contributed by atoms with E-state index in [1.165, 1.54) is 6.92 Å². The topological polar surface area (TPSA) is 165 Å². The Labute approximate surface area is 123 Å². The van der Waals surface area contributed by atoms with Crippen LogP contribution in [0.15, 0.2) is 15.8 Å². The Kier molecular flexibility index (Phi) is 4.76. The number of nitrogens with one attached hydrogen (secondary N) is 3. The third-order valence-electron chi connectivity index (χ3n) is 3.45. The molecule has 122 valence electrons. The lowest BCUT2D eigenvalue weighted by Crippen LogP contribution is -2.62. The molecule has 1 fully saturated rings. The highest BCUT2D eigenvalue weighted by Gasteiger charge is 2.46. The van der Waals surface area contributed by atoms with E-state index < -0.39 is 54.2 Å². The van der Waals surface area contributed by atoms with Gasteiger partial charge in [-0.2, -0.15) is 0 Å². The van der Waals surface area contributed by atoms with Gasteiger partial charge in [-0.15, -0.1) is 0 Å². The van der Waals surface area contributed by atoms with Crippen molar-refractivity contribution in [1.82, 2.24) is 15.3 Å². The normalized spacial score (nSPS) is 31.7. The number of hydrogen-bond acceptors (Lipinski definition) is 7. The molecule has 0 aliphatic carbocycles. The lowest BCUT2D eigenvalue weighted by atomic mass is 9.90. The molecule has 22 heavy (non-hydrogen) atoms. The molecular weight excluding hydrogens is 298 g/mol. The van der Waals surface area contributed by atoms with Gasteiger partial charge >= 0.3 is 5.69 Å². The molecule has 0 spiro atoms. The SMILES string of the molecule is CC(=O)N[C@@H]1[C@@H](O)[C@H](c2c[nH]c(=O)[nH]c2=O)O[C@H](CO)[C@H]1O. The first kappa shape index (κ1) is 16.4. The summed E-state index contributed by atoms with van der Waals surface area (Å²) < 4.78 is 5.34. The number of carbonyl (C=O) groups is 1. The van der Waals surface area contributed by atoms with E-state index in [1.807, 2.05) is 4.98 Å². The number of aromatic amines is 2. The lowest BCUT2D eigenvalue weighted by molar-refractivity contribution is -0.198. The highest BCUT2D eigenvalue weighted by Crippen LogP contribution is 2.30. The number of carbonyl (C=O) groups excluding carboxylic acids is 1. The van der Waals surface area contributed by atoms with Crippen LogP contribution < -0.4 is 16.6 Å². The van der Waals surface area contributed by atoms with E-state index in [1.54, 1.807) is 0 Å². The highest BCUT2D eigenvalue weighted by atomic mass is 16.5. The molecule has 1 aliphatic rings. The molecule has 1 amide bonds. The monoisotopic (exact) mass is 315 g/mol. The molecule has 5 atom stereocenters. The molecule has 0 saturated carbocycles. The van der Waals surface area contributed by atoms with Crippen LogP contribution in [0.3, 0.4) is 0 Å². The van der Waals surface area contributed by atoms with Gasteiger partial charge in [0.05, 0.1) is 18.2 Å². The summed E-state index contributed by atoms with van der Waals surface area (Å²) in [6.07, 6.45) is -4.09. The van der Waals surface area contributed by atoms with Crippen LogP contribution >= 0.6 is 0 Å². The number of hydrogen-bond donors (Lipinski definition) is 6. The summed E-state index contributed by atoms with van der Waals surface area (Å²) >= 11 is 0. The number of aromatic nitrogens is 2. The first-order chi connectivity index (χ1) is 10.3. The van der Waals surface area contributed by atoms with Crippen molar-refractivity contribution >= 4 is 5.91 Å². The van der Waals surface area contributed by atoms with Gasteiger partial charge in [0.1, 0.15) is 24.4 Å². The summed E-state index contributed by atoms with van der Waals surface area (Å²) in [5.74, 6) is -0.504. The Hall–Kier alpha value is -2.01. The van der Waals surface area contributed by atoms with Gasteiger partial charge < -0.3 is 30.4 Å². The molecule has 1 aromatic rings. The Balaban J connectivity index is 2.39. The van der Waals surface area contributed by atoms with E-state index in [0.717, 1.165) is 6.20 Å². The van der Waals surface area contributed by atoms with Gasteiger partial charge in [0.2, 0.25) is 5.91 Å². The van der Waals surface area contributed by atoms with E-state index in [9.17, 15) is 29.7 Å². The zero-order valence-electron chi connectivity index (χ0n) is 11.6. The molecule has 2 heterocycles. The molecule has 1 aromatic heterocycles. The summed E-state index contributed by atoms with van der Waals surface area (Å²) in [6.45, 7) is 0.617. The number of H-pyrrole nitrogens is 2. The number of aliphatic hydroxyl groups is 3. The van der Waals surface area contributed by atoms with Crippen molar-refractivity contribution in [2.24, 2.45) is 0 Å². The average molecular weight is 315 g/mol.